The van der Waals surface area contributed by atoms with Gasteiger partial charge in [0, 0.05) is 18.7 Å². The maximum absolute atomic E-state index is 3.61. The molecular weight excluding hydrogens is 360 g/mol. The molecule has 2 aromatic carbocycles. The zero-order valence-corrected chi connectivity index (χ0v) is 13.4. The molecule has 0 aliphatic carbocycles. The quantitative estimate of drug-likeness (QED) is 0.644. The molecule has 0 bridgehead atoms. The molecule has 0 unspecified atom stereocenters. The fourth-order valence-corrected chi connectivity index (χ4v) is 3.45. The molecule has 0 atom stereocenters. The molecule has 2 rings (SSSR count). The molecule has 0 nitrogen and oxygen atoms in total. The highest BCUT2D eigenvalue weighted by Crippen LogP contribution is 2.31. The van der Waals surface area contributed by atoms with Gasteiger partial charge in [-0.05, 0) is 48.4 Å². The predicted octanol–water partition coefficient (Wildman–Crippen LogP) is 5.93. The number of halogens is 2. The number of aryl methyl sites for hydroxylation is 1. The first-order valence-electron chi connectivity index (χ1n) is 5.41. The minimum atomic E-state index is 1.06. The standard InChI is InChI=1S/C14H12Br2S/c1-2-10-3-6-13(9-14(10)16)17-12-7-4-11(15)5-8-12/h3-9H,2H2,1H3. The Morgan fingerprint density at radius 3 is 2.18 bits per heavy atom. The van der Waals surface area contributed by atoms with Crippen molar-refractivity contribution in [2.75, 3.05) is 0 Å². The van der Waals surface area contributed by atoms with Crippen molar-refractivity contribution in [2.24, 2.45) is 0 Å². The van der Waals surface area contributed by atoms with Crippen molar-refractivity contribution >= 4 is 43.6 Å². The molecule has 0 N–H and O–H groups in total. The van der Waals surface area contributed by atoms with Gasteiger partial charge in [-0.1, -0.05) is 56.6 Å². The monoisotopic (exact) mass is 370 g/mol. The lowest BCUT2D eigenvalue weighted by atomic mass is 10.2. The summed E-state index contributed by atoms with van der Waals surface area (Å²) in [5, 5.41) is 0. The Morgan fingerprint density at radius 1 is 0.941 bits per heavy atom. The van der Waals surface area contributed by atoms with Gasteiger partial charge < -0.3 is 0 Å². The van der Waals surface area contributed by atoms with Gasteiger partial charge in [0.25, 0.3) is 0 Å². The van der Waals surface area contributed by atoms with E-state index in [-0.39, 0.29) is 0 Å². The molecule has 0 aliphatic rings. The highest BCUT2D eigenvalue weighted by molar-refractivity contribution is 9.10. The van der Waals surface area contributed by atoms with Crippen LogP contribution in [0.4, 0.5) is 0 Å². The van der Waals surface area contributed by atoms with Crippen molar-refractivity contribution in [1.29, 1.82) is 0 Å². The summed E-state index contributed by atoms with van der Waals surface area (Å²) in [6, 6.07) is 14.9. The Balaban J connectivity index is 2.19. The van der Waals surface area contributed by atoms with Crippen molar-refractivity contribution < 1.29 is 0 Å². The van der Waals surface area contributed by atoms with Crippen molar-refractivity contribution in [2.45, 2.75) is 23.1 Å². The first-order chi connectivity index (χ1) is 8.19. The maximum atomic E-state index is 3.61. The van der Waals surface area contributed by atoms with E-state index in [9.17, 15) is 0 Å². The fourth-order valence-electron chi connectivity index (χ4n) is 1.52. The predicted molar refractivity (Wildman–Crippen MR) is 81.8 cm³/mol. The van der Waals surface area contributed by atoms with Gasteiger partial charge in [-0.15, -0.1) is 0 Å². The maximum Gasteiger partial charge on any atom is 0.0218 e. The summed E-state index contributed by atoms with van der Waals surface area (Å²) in [5.41, 5.74) is 1.35. The summed E-state index contributed by atoms with van der Waals surface area (Å²) < 4.78 is 2.31. The van der Waals surface area contributed by atoms with Gasteiger partial charge in [0.05, 0.1) is 0 Å². The van der Waals surface area contributed by atoms with E-state index in [0.29, 0.717) is 0 Å². The molecule has 17 heavy (non-hydrogen) atoms. The van der Waals surface area contributed by atoms with E-state index in [1.165, 1.54) is 19.8 Å². The summed E-state index contributed by atoms with van der Waals surface area (Å²) in [7, 11) is 0. The van der Waals surface area contributed by atoms with Gasteiger partial charge in [0.15, 0.2) is 0 Å². The Labute approximate surface area is 123 Å². The van der Waals surface area contributed by atoms with Crippen LogP contribution >= 0.6 is 43.6 Å². The second kappa shape index (κ2) is 6.07. The van der Waals surface area contributed by atoms with Crippen molar-refractivity contribution in [3.8, 4) is 0 Å². The smallest absolute Gasteiger partial charge is 0.0218 e. The molecule has 3 heteroatoms. The van der Waals surface area contributed by atoms with E-state index in [1.54, 1.807) is 11.8 Å². The molecule has 88 valence electrons. The Morgan fingerprint density at radius 2 is 1.59 bits per heavy atom. The van der Waals surface area contributed by atoms with Crippen LogP contribution in [0.5, 0.6) is 0 Å². The first kappa shape index (κ1) is 13.2. The molecule has 0 heterocycles. The second-order valence-corrected chi connectivity index (χ2v) is 6.58. The van der Waals surface area contributed by atoms with Crippen LogP contribution in [0.2, 0.25) is 0 Å². The van der Waals surface area contributed by atoms with Crippen LogP contribution in [0, 0.1) is 0 Å². The molecule has 0 fully saturated rings. The van der Waals surface area contributed by atoms with E-state index in [4.69, 9.17) is 0 Å². The van der Waals surface area contributed by atoms with Crippen LogP contribution in [-0.2, 0) is 6.42 Å². The lowest BCUT2D eigenvalue weighted by Gasteiger charge is -2.05. The van der Waals surface area contributed by atoms with Gasteiger partial charge in [-0.3, -0.25) is 0 Å². The minimum Gasteiger partial charge on any atom is -0.0901 e. The lowest BCUT2D eigenvalue weighted by molar-refractivity contribution is 1.12. The summed E-state index contributed by atoms with van der Waals surface area (Å²) in [5.74, 6) is 0. The van der Waals surface area contributed by atoms with Gasteiger partial charge in [-0.2, -0.15) is 0 Å². The van der Waals surface area contributed by atoms with Gasteiger partial charge >= 0.3 is 0 Å². The summed E-state index contributed by atoms with van der Waals surface area (Å²) >= 11 is 8.83. The minimum absolute atomic E-state index is 1.06. The third-order valence-electron chi connectivity index (χ3n) is 2.45. The van der Waals surface area contributed by atoms with Crippen LogP contribution in [0.15, 0.2) is 61.2 Å². The molecule has 0 spiro atoms. The SMILES string of the molecule is CCc1ccc(Sc2ccc(Br)cc2)cc1Br. The van der Waals surface area contributed by atoms with Crippen LogP contribution in [0.1, 0.15) is 12.5 Å². The topological polar surface area (TPSA) is 0 Å². The molecule has 0 amide bonds. The lowest BCUT2D eigenvalue weighted by Crippen LogP contribution is -1.82. The van der Waals surface area contributed by atoms with Gasteiger partial charge in [-0.25, -0.2) is 0 Å². The van der Waals surface area contributed by atoms with Crippen LogP contribution in [-0.4, -0.2) is 0 Å². The average Bonchev–Trinajstić information content (AvgIpc) is 2.32. The third kappa shape index (κ3) is 3.60. The van der Waals surface area contributed by atoms with Crippen molar-refractivity contribution in [1.82, 2.24) is 0 Å². The first-order valence-corrected chi connectivity index (χ1v) is 7.81. The van der Waals surface area contributed by atoms with Gasteiger partial charge in [0.1, 0.15) is 0 Å². The molecule has 0 aromatic heterocycles. The second-order valence-electron chi connectivity index (χ2n) is 3.66. The highest BCUT2D eigenvalue weighted by atomic mass is 79.9. The van der Waals surface area contributed by atoms with E-state index in [0.717, 1.165) is 10.9 Å². The molecule has 0 saturated carbocycles. The number of benzene rings is 2. The van der Waals surface area contributed by atoms with E-state index < -0.39 is 0 Å². The molecular formula is C14H12Br2S. The van der Waals surface area contributed by atoms with E-state index >= 15 is 0 Å². The zero-order valence-electron chi connectivity index (χ0n) is 9.41. The molecule has 2 aromatic rings. The third-order valence-corrected chi connectivity index (χ3v) is 4.72. The molecule has 0 aliphatic heterocycles. The van der Waals surface area contributed by atoms with Crippen molar-refractivity contribution in [3.63, 3.8) is 0 Å². The van der Waals surface area contributed by atoms with E-state index in [2.05, 4.69) is 81.2 Å². The Hall–Kier alpha value is -0.250. The van der Waals surface area contributed by atoms with Crippen molar-refractivity contribution in [3.05, 3.63) is 57.0 Å². The number of hydrogen-bond acceptors (Lipinski definition) is 1. The normalized spacial score (nSPS) is 10.5. The van der Waals surface area contributed by atoms with Crippen LogP contribution in [0.25, 0.3) is 0 Å². The average molecular weight is 372 g/mol. The van der Waals surface area contributed by atoms with Crippen LogP contribution < -0.4 is 0 Å². The fraction of sp³-hybridized carbons (Fsp3) is 0.143. The zero-order chi connectivity index (χ0) is 12.3. The number of hydrogen-bond donors (Lipinski definition) is 0. The summed E-state index contributed by atoms with van der Waals surface area (Å²) in [6.07, 6.45) is 1.06. The Bertz CT molecular complexity index is 506. The van der Waals surface area contributed by atoms with Crippen LogP contribution in [0.3, 0.4) is 0 Å². The summed E-state index contributed by atoms with van der Waals surface area (Å²) in [4.78, 5) is 2.51. The Kier molecular flexibility index (Phi) is 4.71. The largest absolute Gasteiger partial charge is 0.0901 e. The molecule has 0 saturated heterocycles. The highest BCUT2D eigenvalue weighted by Gasteiger charge is 2.01. The number of rotatable bonds is 3. The summed E-state index contributed by atoms with van der Waals surface area (Å²) in [6.45, 7) is 2.17. The molecule has 0 radical (unpaired) electrons. The van der Waals surface area contributed by atoms with Gasteiger partial charge in [0.2, 0.25) is 0 Å². The van der Waals surface area contributed by atoms with E-state index in [1.807, 2.05) is 0 Å².